The molecule has 1 N–H and O–H groups in total. The molecule has 4 rings (SSSR count). The second kappa shape index (κ2) is 14.2. The third-order valence-electron chi connectivity index (χ3n) is 6.37. The standard InChI is InChI=1S/C28H32Cl2N4O4/c29-23-8-9-26(25(30)19-23)31-28(36)34(13-12-32-14-17-37-18-15-32)21-27(35)33(20-24-7-4-16-38-24)11-10-22-5-2-1-3-6-22/h1-9,16,19H,10-15,17-18,20-21H2,(H,31,36). The van der Waals surface area contributed by atoms with Crippen molar-refractivity contribution in [1.82, 2.24) is 14.7 Å². The summed E-state index contributed by atoms with van der Waals surface area (Å²) < 4.78 is 11.0. The molecule has 1 aromatic heterocycles. The topological polar surface area (TPSA) is 78.3 Å². The van der Waals surface area contributed by atoms with Crippen molar-refractivity contribution in [1.29, 1.82) is 0 Å². The number of carbonyl (C=O) groups is 2. The normalized spacial score (nSPS) is 13.7. The Morgan fingerprint density at radius 1 is 0.947 bits per heavy atom. The van der Waals surface area contributed by atoms with E-state index < -0.39 is 6.03 Å². The lowest BCUT2D eigenvalue weighted by Crippen LogP contribution is -2.48. The predicted octanol–water partition coefficient (Wildman–Crippen LogP) is 5.02. The number of nitrogens with one attached hydrogen (secondary N) is 1. The molecule has 1 saturated heterocycles. The highest BCUT2D eigenvalue weighted by atomic mass is 35.5. The van der Waals surface area contributed by atoms with Crippen molar-refractivity contribution < 1.29 is 18.7 Å². The minimum absolute atomic E-state index is 0.0864. The molecule has 8 nitrogen and oxygen atoms in total. The van der Waals surface area contributed by atoms with Crippen LogP contribution in [-0.2, 0) is 22.5 Å². The maximum absolute atomic E-state index is 13.6. The van der Waals surface area contributed by atoms with Gasteiger partial charge in [0, 0.05) is 37.7 Å². The fraction of sp³-hybridized carbons (Fsp3) is 0.357. The zero-order valence-corrected chi connectivity index (χ0v) is 22.7. The van der Waals surface area contributed by atoms with E-state index in [0.717, 1.165) is 18.7 Å². The smallest absolute Gasteiger partial charge is 0.322 e. The molecule has 0 aliphatic carbocycles. The third-order valence-corrected chi connectivity index (χ3v) is 6.92. The molecular weight excluding hydrogens is 527 g/mol. The van der Waals surface area contributed by atoms with Crippen LogP contribution in [0.25, 0.3) is 0 Å². The lowest BCUT2D eigenvalue weighted by Gasteiger charge is -2.31. The monoisotopic (exact) mass is 558 g/mol. The molecule has 3 amide bonds. The van der Waals surface area contributed by atoms with Crippen LogP contribution >= 0.6 is 23.2 Å². The number of benzene rings is 2. The number of amides is 3. The van der Waals surface area contributed by atoms with Crippen LogP contribution in [0.4, 0.5) is 10.5 Å². The van der Waals surface area contributed by atoms with Gasteiger partial charge in [-0.2, -0.15) is 0 Å². The molecule has 0 radical (unpaired) electrons. The molecule has 10 heteroatoms. The molecular formula is C28H32Cl2N4O4. The third kappa shape index (κ3) is 8.49. The minimum Gasteiger partial charge on any atom is -0.467 e. The summed E-state index contributed by atoms with van der Waals surface area (Å²) >= 11 is 12.3. The van der Waals surface area contributed by atoms with E-state index in [-0.39, 0.29) is 12.5 Å². The predicted molar refractivity (Wildman–Crippen MR) is 149 cm³/mol. The molecule has 0 bridgehead atoms. The number of urea groups is 1. The van der Waals surface area contributed by atoms with Crippen LogP contribution in [-0.4, -0.2) is 79.1 Å². The molecule has 0 spiro atoms. The van der Waals surface area contributed by atoms with Gasteiger partial charge in [0.25, 0.3) is 0 Å². The van der Waals surface area contributed by atoms with E-state index in [1.165, 1.54) is 4.90 Å². The quantitative estimate of drug-likeness (QED) is 0.357. The van der Waals surface area contributed by atoms with Crippen molar-refractivity contribution in [2.45, 2.75) is 13.0 Å². The largest absolute Gasteiger partial charge is 0.467 e. The number of morpholine rings is 1. The first kappa shape index (κ1) is 28.0. The Labute approximate surface area is 233 Å². The summed E-state index contributed by atoms with van der Waals surface area (Å²) in [7, 11) is 0. The second-order valence-corrected chi connectivity index (χ2v) is 9.90. The molecule has 202 valence electrons. The van der Waals surface area contributed by atoms with Crippen molar-refractivity contribution in [3.63, 3.8) is 0 Å². The fourth-order valence-electron chi connectivity index (χ4n) is 4.18. The molecule has 0 saturated carbocycles. The maximum Gasteiger partial charge on any atom is 0.322 e. The van der Waals surface area contributed by atoms with Crippen LogP contribution in [0.15, 0.2) is 71.3 Å². The number of furan rings is 1. The zero-order valence-electron chi connectivity index (χ0n) is 21.2. The van der Waals surface area contributed by atoms with Crippen molar-refractivity contribution in [3.05, 3.63) is 88.3 Å². The lowest BCUT2D eigenvalue weighted by molar-refractivity contribution is -0.132. The van der Waals surface area contributed by atoms with E-state index in [1.807, 2.05) is 36.4 Å². The number of hydrogen-bond donors (Lipinski definition) is 1. The Balaban J connectivity index is 1.47. The van der Waals surface area contributed by atoms with Crippen LogP contribution in [0, 0.1) is 0 Å². The Morgan fingerprint density at radius 2 is 1.74 bits per heavy atom. The highest BCUT2D eigenvalue weighted by Crippen LogP contribution is 2.25. The summed E-state index contributed by atoms with van der Waals surface area (Å²) in [5.41, 5.74) is 1.56. The average Bonchev–Trinajstić information content (AvgIpc) is 3.45. The van der Waals surface area contributed by atoms with Gasteiger partial charge >= 0.3 is 6.03 Å². The molecule has 2 heterocycles. The number of nitrogens with zero attached hydrogens (tertiary/aromatic N) is 3. The first-order valence-corrected chi connectivity index (χ1v) is 13.4. The zero-order chi connectivity index (χ0) is 26.7. The molecule has 3 aromatic rings. The molecule has 2 aromatic carbocycles. The first-order valence-electron chi connectivity index (χ1n) is 12.6. The van der Waals surface area contributed by atoms with E-state index in [2.05, 4.69) is 10.2 Å². The Kier molecular flexibility index (Phi) is 10.5. The summed E-state index contributed by atoms with van der Waals surface area (Å²) in [6, 6.07) is 18.1. The fourth-order valence-corrected chi connectivity index (χ4v) is 4.63. The van der Waals surface area contributed by atoms with E-state index in [9.17, 15) is 9.59 Å². The molecule has 1 aliphatic rings. The lowest BCUT2D eigenvalue weighted by atomic mass is 10.1. The number of hydrogen-bond acceptors (Lipinski definition) is 5. The Hall–Kier alpha value is -3.04. The molecule has 1 fully saturated rings. The van der Waals surface area contributed by atoms with Gasteiger partial charge in [-0.15, -0.1) is 0 Å². The highest BCUT2D eigenvalue weighted by molar-refractivity contribution is 6.36. The van der Waals surface area contributed by atoms with E-state index in [0.29, 0.717) is 67.3 Å². The van der Waals surface area contributed by atoms with Crippen LogP contribution in [0.1, 0.15) is 11.3 Å². The second-order valence-electron chi connectivity index (χ2n) is 9.06. The van der Waals surface area contributed by atoms with Gasteiger partial charge in [-0.05, 0) is 42.3 Å². The van der Waals surface area contributed by atoms with Crippen LogP contribution in [0.2, 0.25) is 10.0 Å². The number of ether oxygens (including phenoxy) is 1. The highest BCUT2D eigenvalue weighted by Gasteiger charge is 2.24. The van der Waals surface area contributed by atoms with Crippen LogP contribution < -0.4 is 5.32 Å². The van der Waals surface area contributed by atoms with Crippen molar-refractivity contribution in [2.24, 2.45) is 0 Å². The van der Waals surface area contributed by atoms with Crippen LogP contribution in [0.3, 0.4) is 0 Å². The van der Waals surface area contributed by atoms with Crippen LogP contribution in [0.5, 0.6) is 0 Å². The van der Waals surface area contributed by atoms with Gasteiger partial charge in [0.05, 0.1) is 36.7 Å². The Morgan fingerprint density at radius 3 is 2.45 bits per heavy atom. The van der Waals surface area contributed by atoms with Crippen molar-refractivity contribution in [3.8, 4) is 0 Å². The number of halogens is 2. The SMILES string of the molecule is O=C(CN(CCN1CCOCC1)C(=O)Nc1ccc(Cl)cc1Cl)N(CCc1ccccc1)Cc1ccco1. The number of carbonyl (C=O) groups excluding carboxylic acids is 2. The van der Waals surface area contributed by atoms with E-state index in [1.54, 1.807) is 35.4 Å². The summed E-state index contributed by atoms with van der Waals surface area (Å²) in [6.45, 7) is 4.60. The van der Waals surface area contributed by atoms with Gasteiger partial charge < -0.3 is 24.3 Å². The summed E-state index contributed by atoms with van der Waals surface area (Å²) in [5, 5.41) is 3.64. The molecule has 38 heavy (non-hydrogen) atoms. The number of rotatable bonds is 11. The molecule has 0 atom stereocenters. The summed E-state index contributed by atoms with van der Waals surface area (Å²) in [6.07, 6.45) is 2.28. The van der Waals surface area contributed by atoms with Crippen molar-refractivity contribution in [2.75, 3.05) is 57.8 Å². The average molecular weight is 559 g/mol. The van der Waals surface area contributed by atoms with Gasteiger partial charge in [0.2, 0.25) is 5.91 Å². The first-order chi connectivity index (χ1) is 18.5. The van der Waals surface area contributed by atoms with Crippen molar-refractivity contribution >= 4 is 40.8 Å². The van der Waals surface area contributed by atoms with E-state index in [4.69, 9.17) is 32.4 Å². The number of anilines is 1. The Bertz CT molecular complexity index is 1170. The van der Waals surface area contributed by atoms with Gasteiger partial charge in [-0.1, -0.05) is 53.5 Å². The van der Waals surface area contributed by atoms with Gasteiger partial charge in [-0.25, -0.2) is 4.79 Å². The summed E-state index contributed by atoms with van der Waals surface area (Å²) in [5.74, 6) is 0.514. The minimum atomic E-state index is -0.406. The molecule has 1 aliphatic heterocycles. The van der Waals surface area contributed by atoms with Gasteiger partial charge in [-0.3, -0.25) is 9.69 Å². The summed E-state index contributed by atoms with van der Waals surface area (Å²) in [4.78, 5) is 32.5. The van der Waals surface area contributed by atoms with E-state index >= 15 is 0 Å². The molecule has 0 unspecified atom stereocenters. The van der Waals surface area contributed by atoms with Gasteiger partial charge in [0.1, 0.15) is 12.3 Å². The maximum atomic E-state index is 13.6. The van der Waals surface area contributed by atoms with Gasteiger partial charge in [0.15, 0.2) is 0 Å².